The number of aliphatic hydroxyl groups excluding tert-OH is 1. The average molecular weight is 192 g/mol. The average Bonchev–Trinajstić information content (AvgIpc) is 2.64. The molecule has 1 aliphatic rings. The van der Waals surface area contributed by atoms with Crippen LogP contribution >= 0.6 is 0 Å². The van der Waals surface area contributed by atoms with E-state index in [0.29, 0.717) is 0 Å². The van der Waals surface area contributed by atoms with E-state index in [2.05, 4.69) is 6.07 Å². The molecule has 1 saturated carbocycles. The van der Waals surface area contributed by atoms with Crippen molar-refractivity contribution >= 4 is 0 Å². The van der Waals surface area contributed by atoms with Crippen molar-refractivity contribution in [3.05, 3.63) is 29.8 Å². The van der Waals surface area contributed by atoms with Gasteiger partial charge in [0.1, 0.15) is 5.75 Å². The second-order valence-corrected chi connectivity index (χ2v) is 3.85. The first-order valence-corrected chi connectivity index (χ1v) is 5.14. The zero-order chi connectivity index (χ0) is 9.97. The Hall–Kier alpha value is -1.02. The molecule has 0 unspecified atom stereocenters. The zero-order valence-corrected chi connectivity index (χ0v) is 8.44. The predicted octanol–water partition coefficient (Wildman–Crippen LogP) is 2.32. The van der Waals surface area contributed by atoms with Crippen molar-refractivity contribution in [1.29, 1.82) is 0 Å². The molecule has 1 aromatic carbocycles. The highest BCUT2D eigenvalue weighted by molar-refractivity contribution is 5.37. The third-order valence-corrected chi connectivity index (χ3v) is 3.02. The fourth-order valence-corrected chi connectivity index (χ4v) is 2.28. The molecule has 0 aliphatic heterocycles. The second kappa shape index (κ2) is 4.01. The molecule has 1 fully saturated rings. The fraction of sp³-hybridized carbons (Fsp3) is 0.500. The Kier molecular flexibility index (Phi) is 2.73. The Morgan fingerprint density at radius 2 is 2.07 bits per heavy atom. The highest BCUT2D eigenvalue weighted by atomic mass is 16.5. The maximum Gasteiger partial charge on any atom is 0.122 e. The van der Waals surface area contributed by atoms with Crippen LogP contribution in [0.3, 0.4) is 0 Å². The van der Waals surface area contributed by atoms with Gasteiger partial charge in [-0.05, 0) is 24.5 Å². The molecule has 0 spiro atoms. The summed E-state index contributed by atoms with van der Waals surface area (Å²) in [4.78, 5) is 0. The Morgan fingerprint density at radius 3 is 2.71 bits per heavy atom. The number of aliphatic hydroxyl groups is 1. The minimum absolute atomic E-state index is 0.189. The van der Waals surface area contributed by atoms with E-state index in [-0.39, 0.29) is 12.0 Å². The highest BCUT2D eigenvalue weighted by Gasteiger charge is 2.28. The molecule has 76 valence electrons. The summed E-state index contributed by atoms with van der Waals surface area (Å²) in [5, 5.41) is 9.81. The van der Waals surface area contributed by atoms with E-state index in [9.17, 15) is 5.11 Å². The lowest BCUT2D eigenvalue weighted by Gasteiger charge is -2.17. The Morgan fingerprint density at radius 1 is 1.29 bits per heavy atom. The van der Waals surface area contributed by atoms with Crippen LogP contribution in [0, 0.1) is 0 Å². The summed E-state index contributed by atoms with van der Waals surface area (Å²) in [7, 11) is 1.68. The van der Waals surface area contributed by atoms with Gasteiger partial charge in [0.2, 0.25) is 0 Å². The molecule has 1 aliphatic carbocycles. The van der Waals surface area contributed by atoms with Crippen molar-refractivity contribution in [1.82, 2.24) is 0 Å². The van der Waals surface area contributed by atoms with Gasteiger partial charge in [0.05, 0.1) is 13.2 Å². The molecule has 2 rings (SSSR count). The normalized spacial score (nSPS) is 26.4. The lowest BCUT2D eigenvalue weighted by molar-refractivity contribution is 0.162. The molecule has 1 N–H and O–H groups in total. The number of hydrogen-bond acceptors (Lipinski definition) is 2. The van der Waals surface area contributed by atoms with Crippen molar-refractivity contribution in [3.8, 4) is 5.75 Å². The first-order chi connectivity index (χ1) is 6.83. The first kappa shape index (κ1) is 9.53. The van der Waals surface area contributed by atoms with Gasteiger partial charge in [-0.2, -0.15) is 0 Å². The molecule has 0 heterocycles. The zero-order valence-electron chi connectivity index (χ0n) is 8.44. The lowest BCUT2D eigenvalue weighted by atomic mass is 9.95. The fourth-order valence-electron chi connectivity index (χ4n) is 2.28. The van der Waals surface area contributed by atoms with Gasteiger partial charge < -0.3 is 9.84 Å². The first-order valence-electron chi connectivity index (χ1n) is 5.14. The lowest BCUT2D eigenvalue weighted by Crippen LogP contribution is -2.11. The van der Waals surface area contributed by atoms with Crippen molar-refractivity contribution in [3.63, 3.8) is 0 Å². The van der Waals surface area contributed by atoms with Gasteiger partial charge in [0.15, 0.2) is 0 Å². The topological polar surface area (TPSA) is 29.5 Å². The summed E-state index contributed by atoms with van der Waals surface area (Å²) in [6.07, 6.45) is 2.92. The van der Waals surface area contributed by atoms with Crippen LogP contribution in [0.2, 0.25) is 0 Å². The van der Waals surface area contributed by atoms with Gasteiger partial charge >= 0.3 is 0 Å². The number of ether oxygens (including phenoxy) is 1. The van der Waals surface area contributed by atoms with Crippen LogP contribution in [0.5, 0.6) is 5.75 Å². The molecule has 2 atom stereocenters. The van der Waals surface area contributed by atoms with Crippen LogP contribution in [0.4, 0.5) is 0 Å². The van der Waals surface area contributed by atoms with E-state index in [1.807, 2.05) is 18.2 Å². The third kappa shape index (κ3) is 1.62. The van der Waals surface area contributed by atoms with Crippen molar-refractivity contribution in [2.24, 2.45) is 0 Å². The van der Waals surface area contributed by atoms with E-state index >= 15 is 0 Å². The Bertz CT molecular complexity index is 309. The molecular weight excluding hydrogens is 176 g/mol. The SMILES string of the molecule is COc1ccccc1[C@H]1CCC[C@H]1O. The number of rotatable bonds is 2. The van der Waals surface area contributed by atoms with Gasteiger partial charge in [-0.15, -0.1) is 0 Å². The van der Waals surface area contributed by atoms with Gasteiger partial charge in [0.25, 0.3) is 0 Å². The number of para-hydroxylation sites is 1. The maximum absolute atomic E-state index is 9.81. The van der Waals surface area contributed by atoms with E-state index in [4.69, 9.17) is 4.74 Å². The molecule has 0 saturated heterocycles. The van der Waals surface area contributed by atoms with Crippen LogP contribution in [-0.4, -0.2) is 18.3 Å². The molecule has 0 aromatic heterocycles. The highest BCUT2D eigenvalue weighted by Crippen LogP contribution is 2.38. The quantitative estimate of drug-likeness (QED) is 0.779. The minimum Gasteiger partial charge on any atom is -0.496 e. The molecule has 0 radical (unpaired) electrons. The van der Waals surface area contributed by atoms with Gasteiger partial charge in [-0.25, -0.2) is 0 Å². The third-order valence-electron chi connectivity index (χ3n) is 3.02. The van der Waals surface area contributed by atoms with Crippen molar-refractivity contribution in [2.45, 2.75) is 31.3 Å². The van der Waals surface area contributed by atoms with Crippen LogP contribution in [-0.2, 0) is 0 Å². The molecule has 0 amide bonds. The molecule has 2 heteroatoms. The Balaban J connectivity index is 2.30. The van der Waals surface area contributed by atoms with Gasteiger partial charge in [0, 0.05) is 5.92 Å². The summed E-state index contributed by atoms with van der Waals surface area (Å²) >= 11 is 0. The van der Waals surface area contributed by atoms with Gasteiger partial charge in [-0.3, -0.25) is 0 Å². The van der Waals surface area contributed by atoms with Crippen molar-refractivity contribution < 1.29 is 9.84 Å². The smallest absolute Gasteiger partial charge is 0.122 e. The number of methoxy groups -OCH3 is 1. The van der Waals surface area contributed by atoms with E-state index in [0.717, 1.165) is 30.6 Å². The van der Waals surface area contributed by atoms with E-state index in [1.54, 1.807) is 7.11 Å². The maximum atomic E-state index is 9.81. The monoisotopic (exact) mass is 192 g/mol. The summed E-state index contributed by atoms with van der Waals surface area (Å²) in [5.74, 6) is 1.17. The largest absolute Gasteiger partial charge is 0.496 e. The Labute approximate surface area is 84.5 Å². The summed E-state index contributed by atoms with van der Waals surface area (Å²) < 4.78 is 5.29. The minimum atomic E-state index is -0.189. The van der Waals surface area contributed by atoms with Crippen LogP contribution in [0.15, 0.2) is 24.3 Å². The van der Waals surface area contributed by atoms with Gasteiger partial charge in [-0.1, -0.05) is 24.6 Å². The summed E-state index contributed by atoms with van der Waals surface area (Å²) in [6, 6.07) is 7.98. The predicted molar refractivity (Wildman–Crippen MR) is 55.6 cm³/mol. The molecule has 2 nitrogen and oxygen atoms in total. The standard InChI is InChI=1S/C12H16O2/c1-14-12-8-3-2-5-10(12)9-6-4-7-11(9)13/h2-3,5,8-9,11,13H,4,6-7H2,1H3/t9-,11-/m1/s1. The number of hydrogen-bond donors (Lipinski definition) is 1. The van der Waals surface area contributed by atoms with Crippen LogP contribution in [0.1, 0.15) is 30.7 Å². The molecular formula is C12H16O2. The van der Waals surface area contributed by atoms with Crippen molar-refractivity contribution in [2.75, 3.05) is 7.11 Å². The number of benzene rings is 1. The van der Waals surface area contributed by atoms with E-state index < -0.39 is 0 Å². The summed E-state index contributed by atoms with van der Waals surface area (Å²) in [6.45, 7) is 0. The van der Waals surface area contributed by atoms with Crippen LogP contribution < -0.4 is 4.74 Å². The summed E-state index contributed by atoms with van der Waals surface area (Å²) in [5.41, 5.74) is 1.15. The molecule has 0 bridgehead atoms. The van der Waals surface area contributed by atoms with Crippen LogP contribution in [0.25, 0.3) is 0 Å². The van der Waals surface area contributed by atoms with E-state index in [1.165, 1.54) is 0 Å². The molecule has 1 aromatic rings. The molecule has 14 heavy (non-hydrogen) atoms. The second-order valence-electron chi connectivity index (χ2n) is 3.85.